The summed E-state index contributed by atoms with van der Waals surface area (Å²) in [5.41, 5.74) is 0.905. The number of methoxy groups -OCH3 is 1. The minimum Gasteiger partial charge on any atom is -0.497 e. The number of hydrogen-bond acceptors (Lipinski definition) is 4. The van der Waals surface area contributed by atoms with Crippen molar-refractivity contribution in [1.29, 1.82) is 0 Å². The molecule has 0 saturated heterocycles. The SMILES string of the molecule is COc1ccc(/C=C/c2n[nH]c(=S)[nH]c2=O)cc1. The lowest BCUT2D eigenvalue weighted by Crippen LogP contribution is -2.12. The van der Waals surface area contributed by atoms with Crippen LogP contribution < -0.4 is 10.3 Å². The third-order valence-electron chi connectivity index (χ3n) is 2.29. The summed E-state index contributed by atoms with van der Waals surface area (Å²) in [6.45, 7) is 0. The molecule has 2 N–H and O–H groups in total. The molecule has 0 bridgehead atoms. The number of ether oxygens (including phenoxy) is 1. The lowest BCUT2D eigenvalue weighted by Gasteiger charge is -1.98. The number of hydrogen-bond donors (Lipinski definition) is 2. The zero-order chi connectivity index (χ0) is 13.0. The van der Waals surface area contributed by atoms with Gasteiger partial charge >= 0.3 is 0 Å². The maximum absolute atomic E-state index is 11.5. The molecular formula is C12H11N3O2S. The average Bonchev–Trinajstić information content (AvgIpc) is 2.38. The summed E-state index contributed by atoms with van der Waals surface area (Å²) in [5.74, 6) is 0.784. The van der Waals surface area contributed by atoms with Gasteiger partial charge in [0, 0.05) is 0 Å². The van der Waals surface area contributed by atoms with Gasteiger partial charge in [-0.3, -0.25) is 14.9 Å². The Balaban J connectivity index is 2.24. The second-order valence-electron chi connectivity index (χ2n) is 3.50. The van der Waals surface area contributed by atoms with E-state index in [4.69, 9.17) is 17.0 Å². The minimum atomic E-state index is -0.316. The van der Waals surface area contributed by atoms with Gasteiger partial charge in [0.1, 0.15) is 11.4 Å². The van der Waals surface area contributed by atoms with Crippen LogP contribution in [0.4, 0.5) is 0 Å². The van der Waals surface area contributed by atoms with Gasteiger partial charge in [0.2, 0.25) is 0 Å². The molecule has 2 aromatic rings. The van der Waals surface area contributed by atoms with E-state index in [1.54, 1.807) is 19.3 Å². The van der Waals surface area contributed by atoms with Crippen LogP contribution in [0.3, 0.4) is 0 Å². The van der Waals surface area contributed by atoms with E-state index in [0.29, 0.717) is 0 Å². The fourth-order valence-corrected chi connectivity index (χ4v) is 1.50. The number of nitrogens with zero attached hydrogens (tertiary/aromatic N) is 1. The molecule has 0 spiro atoms. The van der Waals surface area contributed by atoms with E-state index in [-0.39, 0.29) is 16.0 Å². The maximum atomic E-state index is 11.5. The molecule has 1 aromatic heterocycles. The van der Waals surface area contributed by atoms with Crippen LogP contribution in [0.1, 0.15) is 11.3 Å². The van der Waals surface area contributed by atoms with Crippen molar-refractivity contribution in [3.05, 3.63) is 50.6 Å². The first-order valence-corrected chi connectivity index (χ1v) is 5.61. The first-order chi connectivity index (χ1) is 8.69. The fraction of sp³-hybridized carbons (Fsp3) is 0.0833. The predicted molar refractivity (Wildman–Crippen MR) is 72.0 cm³/mol. The summed E-state index contributed by atoms with van der Waals surface area (Å²) in [4.78, 5) is 13.9. The summed E-state index contributed by atoms with van der Waals surface area (Å²) < 4.78 is 5.27. The van der Waals surface area contributed by atoms with Gasteiger partial charge in [-0.05, 0) is 36.0 Å². The van der Waals surface area contributed by atoms with Crippen LogP contribution in [0.5, 0.6) is 5.75 Å². The Kier molecular flexibility index (Phi) is 3.69. The van der Waals surface area contributed by atoms with Crippen molar-refractivity contribution in [3.63, 3.8) is 0 Å². The largest absolute Gasteiger partial charge is 0.497 e. The second-order valence-corrected chi connectivity index (χ2v) is 3.91. The summed E-state index contributed by atoms with van der Waals surface area (Å²) in [7, 11) is 1.61. The van der Waals surface area contributed by atoms with Crippen molar-refractivity contribution < 1.29 is 4.74 Å². The molecule has 0 atom stereocenters. The fourth-order valence-electron chi connectivity index (χ4n) is 1.36. The summed E-state index contributed by atoms with van der Waals surface area (Å²) in [6, 6.07) is 7.45. The van der Waals surface area contributed by atoms with Gasteiger partial charge in [-0.1, -0.05) is 18.2 Å². The molecule has 0 saturated carbocycles. The maximum Gasteiger partial charge on any atom is 0.277 e. The number of nitrogens with one attached hydrogen (secondary N) is 2. The molecule has 5 nitrogen and oxygen atoms in total. The van der Waals surface area contributed by atoms with Crippen molar-refractivity contribution in [2.45, 2.75) is 0 Å². The Morgan fingerprint density at radius 2 is 2.00 bits per heavy atom. The molecule has 0 unspecified atom stereocenters. The molecular weight excluding hydrogens is 250 g/mol. The first-order valence-electron chi connectivity index (χ1n) is 5.20. The number of aromatic nitrogens is 3. The molecule has 0 aliphatic rings. The lowest BCUT2D eigenvalue weighted by atomic mass is 10.2. The van der Waals surface area contributed by atoms with Crippen molar-refractivity contribution in [1.82, 2.24) is 15.2 Å². The normalized spacial score (nSPS) is 10.7. The second kappa shape index (κ2) is 5.42. The minimum absolute atomic E-state index is 0.210. The molecule has 0 aliphatic carbocycles. The summed E-state index contributed by atoms with van der Waals surface area (Å²) in [5, 5.41) is 6.38. The highest BCUT2D eigenvalue weighted by Gasteiger charge is 1.96. The van der Waals surface area contributed by atoms with E-state index < -0.39 is 0 Å². The number of H-pyrrole nitrogens is 2. The van der Waals surface area contributed by atoms with E-state index in [1.165, 1.54) is 0 Å². The van der Waals surface area contributed by atoms with Crippen molar-refractivity contribution in [2.75, 3.05) is 7.11 Å². The van der Waals surface area contributed by atoms with Crippen molar-refractivity contribution in [2.24, 2.45) is 0 Å². The smallest absolute Gasteiger partial charge is 0.277 e. The van der Waals surface area contributed by atoms with E-state index in [0.717, 1.165) is 11.3 Å². The quantitative estimate of drug-likeness (QED) is 0.829. The van der Waals surface area contributed by atoms with E-state index in [9.17, 15) is 4.79 Å². The van der Waals surface area contributed by atoms with Crippen molar-refractivity contribution in [3.8, 4) is 5.75 Å². The highest BCUT2D eigenvalue weighted by atomic mass is 32.1. The first kappa shape index (κ1) is 12.3. The number of benzene rings is 1. The molecule has 0 radical (unpaired) electrons. The molecule has 1 aromatic carbocycles. The van der Waals surface area contributed by atoms with Crippen LogP contribution in [0.2, 0.25) is 0 Å². The third kappa shape index (κ3) is 2.92. The molecule has 0 fully saturated rings. The molecule has 6 heteroatoms. The molecule has 2 rings (SSSR count). The van der Waals surface area contributed by atoms with Gasteiger partial charge in [0.25, 0.3) is 5.56 Å². The van der Waals surface area contributed by atoms with Gasteiger partial charge in [-0.2, -0.15) is 5.10 Å². The van der Waals surface area contributed by atoms with Crippen molar-refractivity contribution >= 4 is 24.4 Å². The Hall–Kier alpha value is -2.21. The van der Waals surface area contributed by atoms with Gasteiger partial charge in [-0.25, -0.2) is 0 Å². The van der Waals surface area contributed by atoms with Crippen LogP contribution in [-0.4, -0.2) is 22.3 Å². The Labute approximate surface area is 108 Å². The lowest BCUT2D eigenvalue weighted by molar-refractivity contribution is 0.415. The van der Waals surface area contributed by atoms with E-state index in [2.05, 4.69) is 15.2 Å². The number of rotatable bonds is 3. The Morgan fingerprint density at radius 3 is 2.61 bits per heavy atom. The highest BCUT2D eigenvalue weighted by Crippen LogP contribution is 2.12. The van der Waals surface area contributed by atoms with Gasteiger partial charge < -0.3 is 4.74 Å². The van der Waals surface area contributed by atoms with Crippen LogP contribution in [-0.2, 0) is 0 Å². The Bertz CT molecular complexity index is 671. The van der Waals surface area contributed by atoms with E-state index >= 15 is 0 Å². The third-order valence-corrected chi connectivity index (χ3v) is 2.48. The van der Waals surface area contributed by atoms with Crippen LogP contribution in [0.15, 0.2) is 29.1 Å². The van der Waals surface area contributed by atoms with Crippen LogP contribution in [0.25, 0.3) is 12.2 Å². The molecule has 0 amide bonds. The molecule has 1 heterocycles. The highest BCUT2D eigenvalue weighted by molar-refractivity contribution is 7.71. The van der Waals surface area contributed by atoms with Gasteiger partial charge in [0.05, 0.1) is 7.11 Å². The predicted octanol–water partition coefficient (Wildman–Crippen LogP) is 2.01. The summed E-state index contributed by atoms with van der Waals surface area (Å²) in [6.07, 6.45) is 3.40. The van der Waals surface area contributed by atoms with Crippen LogP contribution in [0, 0.1) is 4.77 Å². The zero-order valence-electron chi connectivity index (χ0n) is 9.64. The summed E-state index contributed by atoms with van der Waals surface area (Å²) >= 11 is 4.75. The topological polar surface area (TPSA) is 70.8 Å². The Morgan fingerprint density at radius 1 is 1.28 bits per heavy atom. The molecule has 92 valence electrons. The van der Waals surface area contributed by atoms with Gasteiger partial charge in [-0.15, -0.1) is 0 Å². The monoisotopic (exact) mass is 261 g/mol. The van der Waals surface area contributed by atoms with Crippen LogP contribution >= 0.6 is 12.2 Å². The standard InChI is InChI=1S/C12H11N3O2S/c1-17-9-5-2-8(3-6-9)4-7-10-11(16)13-12(18)15-14-10/h2-7H,1H3,(H2,13,15,16,18)/b7-4+. The zero-order valence-corrected chi connectivity index (χ0v) is 10.5. The van der Waals surface area contributed by atoms with Gasteiger partial charge in [0.15, 0.2) is 4.77 Å². The van der Waals surface area contributed by atoms with E-state index in [1.807, 2.05) is 24.3 Å². The number of aromatic amines is 2. The molecule has 18 heavy (non-hydrogen) atoms. The molecule has 0 aliphatic heterocycles. The average molecular weight is 261 g/mol.